The number of anilines is 1. The van der Waals surface area contributed by atoms with Gasteiger partial charge in [-0.2, -0.15) is 0 Å². The van der Waals surface area contributed by atoms with Crippen LogP contribution in [0, 0.1) is 5.82 Å². The molecule has 0 radical (unpaired) electrons. The fraction of sp³-hybridized carbons (Fsp3) is 0.167. The van der Waals surface area contributed by atoms with Crippen LogP contribution in [0.2, 0.25) is 0 Å². The number of amides is 1. The third-order valence-corrected chi connectivity index (χ3v) is 6.07. The second-order valence-electron chi connectivity index (χ2n) is 5.47. The van der Waals surface area contributed by atoms with Gasteiger partial charge in [0, 0.05) is 5.75 Å². The van der Waals surface area contributed by atoms with Crippen molar-refractivity contribution in [2.24, 2.45) is 0 Å². The summed E-state index contributed by atoms with van der Waals surface area (Å²) in [5.74, 6) is 0.416. The number of aromatic nitrogens is 2. The van der Waals surface area contributed by atoms with Crippen LogP contribution in [-0.2, 0) is 10.5 Å². The molecule has 9 heteroatoms. The molecular weight excluding hydrogens is 453 g/mol. The van der Waals surface area contributed by atoms with Crippen LogP contribution in [0.25, 0.3) is 0 Å². The lowest BCUT2D eigenvalue weighted by atomic mass is 10.2. The lowest BCUT2D eigenvalue weighted by Gasteiger charge is -2.14. The molecule has 3 aromatic rings. The maximum Gasteiger partial charge on any atom is 0.266 e. The summed E-state index contributed by atoms with van der Waals surface area (Å²) in [6.07, 6.45) is -0.781. The minimum atomic E-state index is -0.781. The molecule has 3 rings (SSSR count). The van der Waals surface area contributed by atoms with Crippen molar-refractivity contribution in [3.8, 4) is 5.75 Å². The first-order chi connectivity index (χ1) is 13.0. The summed E-state index contributed by atoms with van der Waals surface area (Å²) in [6, 6.07) is 14.1. The summed E-state index contributed by atoms with van der Waals surface area (Å²) in [5, 5.41) is 11.2. The number of rotatable bonds is 7. The Balaban J connectivity index is 1.53. The molecule has 0 aliphatic carbocycles. The van der Waals surface area contributed by atoms with Gasteiger partial charge in [-0.1, -0.05) is 53.4 Å². The lowest BCUT2D eigenvalue weighted by molar-refractivity contribution is -0.122. The molecule has 1 aromatic heterocycles. The maximum atomic E-state index is 13.1. The lowest BCUT2D eigenvalue weighted by Crippen LogP contribution is -2.30. The average molecular weight is 468 g/mol. The van der Waals surface area contributed by atoms with E-state index in [1.807, 2.05) is 30.3 Å². The molecule has 1 unspecified atom stereocenters. The first-order valence-corrected chi connectivity index (χ1v) is 10.5. The summed E-state index contributed by atoms with van der Waals surface area (Å²) in [7, 11) is 0. The molecule has 1 amide bonds. The fourth-order valence-electron chi connectivity index (χ4n) is 2.06. The van der Waals surface area contributed by atoms with Crippen LogP contribution in [0.3, 0.4) is 0 Å². The molecule has 140 valence electrons. The van der Waals surface area contributed by atoms with Crippen molar-refractivity contribution >= 4 is 50.1 Å². The molecule has 2 aromatic carbocycles. The third kappa shape index (κ3) is 5.75. The Labute approximate surface area is 172 Å². The van der Waals surface area contributed by atoms with E-state index in [-0.39, 0.29) is 11.7 Å². The molecule has 0 saturated carbocycles. The second kappa shape index (κ2) is 9.29. The van der Waals surface area contributed by atoms with Crippen LogP contribution in [0.15, 0.2) is 57.3 Å². The number of ether oxygens (including phenoxy) is 1. The minimum absolute atomic E-state index is 0.359. The summed E-state index contributed by atoms with van der Waals surface area (Å²) in [4.78, 5) is 12.3. The number of carbonyl (C=O) groups excluding carboxylic acids is 1. The van der Waals surface area contributed by atoms with E-state index in [1.54, 1.807) is 18.7 Å². The van der Waals surface area contributed by atoms with Gasteiger partial charge in [0.2, 0.25) is 5.13 Å². The highest BCUT2D eigenvalue weighted by atomic mass is 79.9. The van der Waals surface area contributed by atoms with Crippen molar-refractivity contribution in [3.63, 3.8) is 0 Å². The predicted molar refractivity (Wildman–Crippen MR) is 109 cm³/mol. The first kappa shape index (κ1) is 19.8. The van der Waals surface area contributed by atoms with E-state index in [0.717, 1.165) is 10.1 Å². The topological polar surface area (TPSA) is 64.1 Å². The largest absolute Gasteiger partial charge is 0.480 e. The van der Waals surface area contributed by atoms with Gasteiger partial charge in [-0.3, -0.25) is 10.1 Å². The Bertz CT molecular complexity index is 924. The normalized spacial score (nSPS) is 11.8. The standard InChI is InChI=1S/C18H15BrFN3O2S2/c1-11(25-15-8-7-13(20)9-14(15)19)16(24)21-17-22-23-18(27-17)26-10-12-5-3-2-4-6-12/h2-9,11H,10H2,1H3,(H,21,22,24). The van der Waals surface area contributed by atoms with Gasteiger partial charge in [0.05, 0.1) is 4.47 Å². The Kier molecular flexibility index (Phi) is 6.81. The molecule has 0 fully saturated rings. The van der Waals surface area contributed by atoms with E-state index in [0.29, 0.717) is 15.4 Å². The monoisotopic (exact) mass is 467 g/mol. The zero-order valence-corrected chi connectivity index (χ0v) is 17.4. The maximum absolute atomic E-state index is 13.1. The number of halogens is 2. The number of hydrogen-bond acceptors (Lipinski definition) is 6. The van der Waals surface area contributed by atoms with Crippen LogP contribution >= 0.6 is 39.0 Å². The smallest absolute Gasteiger partial charge is 0.266 e. The van der Waals surface area contributed by atoms with Crippen molar-refractivity contribution < 1.29 is 13.9 Å². The van der Waals surface area contributed by atoms with Crippen molar-refractivity contribution in [2.45, 2.75) is 23.1 Å². The molecule has 27 heavy (non-hydrogen) atoms. The van der Waals surface area contributed by atoms with Gasteiger partial charge in [-0.15, -0.1) is 10.2 Å². The van der Waals surface area contributed by atoms with Crippen LogP contribution in [-0.4, -0.2) is 22.2 Å². The van der Waals surface area contributed by atoms with E-state index in [9.17, 15) is 9.18 Å². The molecule has 0 bridgehead atoms. The highest BCUT2D eigenvalue weighted by Crippen LogP contribution is 2.29. The summed E-state index contributed by atoms with van der Waals surface area (Å²) in [5.41, 5.74) is 1.19. The predicted octanol–water partition coefficient (Wildman–Crippen LogP) is 5.14. The van der Waals surface area contributed by atoms with Gasteiger partial charge in [-0.05, 0) is 46.6 Å². The molecular formula is C18H15BrFN3O2S2. The molecule has 5 nitrogen and oxygen atoms in total. The number of nitrogens with one attached hydrogen (secondary N) is 1. The summed E-state index contributed by atoms with van der Waals surface area (Å²) >= 11 is 6.07. The highest BCUT2D eigenvalue weighted by molar-refractivity contribution is 9.10. The number of benzene rings is 2. The van der Waals surface area contributed by atoms with Crippen molar-refractivity contribution in [1.82, 2.24) is 10.2 Å². The minimum Gasteiger partial charge on any atom is -0.480 e. The second-order valence-corrected chi connectivity index (χ2v) is 8.53. The molecule has 1 atom stereocenters. The van der Waals surface area contributed by atoms with Crippen LogP contribution in [0.1, 0.15) is 12.5 Å². The van der Waals surface area contributed by atoms with Crippen LogP contribution in [0.5, 0.6) is 5.75 Å². The fourth-order valence-corrected chi connectivity index (χ4v) is 4.21. The van der Waals surface area contributed by atoms with Gasteiger partial charge < -0.3 is 4.74 Å². The van der Waals surface area contributed by atoms with Gasteiger partial charge in [-0.25, -0.2) is 4.39 Å². The number of hydrogen-bond donors (Lipinski definition) is 1. The SMILES string of the molecule is CC(Oc1ccc(F)cc1Br)C(=O)Nc1nnc(SCc2ccccc2)s1. The molecule has 0 aliphatic rings. The van der Waals surface area contributed by atoms with E-state index < -0.39 is 6.10 Å². The van der Waals surface area contributed by atoms with E-state index in [4.69, 9.17) is 4.74 Å². The zero-order chi connectivity index (χ0) is 19.2. The van der Waals surface area contributed by atoms with Crippen LogP contribution < -0.4 is 10.1 Å². The van der Waals surface area contributed by atoms with Gasteiger partial charge in [0.25, 0.3) is 5.91 Å². The van der Waals surface area contributed by atoms with E-state index in [1.165, 1.54) is 35.1 Å². The van der Waals surface area contributed by atoms with Crippen molar-refractivity contribution in [3.05, 3.63) is 64.4 Å². The Morgan fingerprint density at radius 2 is 2.07 bits per heavy atom. The Morgan fingerprint density at radius 3 is 2.81 bits per heavy atom. The molecule has 0 aliphatic heterocycles. The van der Waals surface area contributed by atoms with Crippen molar-refractivity contribution in [2.75, 3.05) is 5.32 Å². The van der Waals surface area contributed by atoms with Crippen LogP contribution in [0.4, 0.5) is 9.52 Å². The Hall–Kier alpha value is -1.97. The number of carbonyl (C=O) groups is 1. The summed E-state index contributed by atoms with van der Waals surface area (Å²) < 4.78 is 19.9. The van der Waals surface area contributed by atoms with E-state index >= 15 is 0 Å². The molecule has 1 N–H and O–H groups in total. The van der Waals surface area contributed by atoms with Gasteiger partial charge in [0.15, 0.2) is 10.4 Å². The summed E-state index contributed by atoms with van der Waals surface area (Å²) in [6.45, 7) is 1.61. The molecule has 1 heterocycles. The number of nitrogens with zero attached hydrogens (tertiary/aromatic N) is 2. The highest BCUT2D eigenvalue weighted by Gasteiger charge is 2.18. The van der Waals surface area contributed by atoms with Crippen molar-refractivity contribution in [1.29, 1.82) is 0 Å². The molecule has 0 spiro atoms. The first-order valence-electron chi connectivity index (χ1n) is 7.94. The van der Waals surface area contributed by atoms with Gasteiger partial charge >= 0.3 is 0 Å². The average Bonchev–Trinajstić information content (AvgIpc) is 3.10. The number of thioether (sulfide) groups is 1. The van der Waals surface area contributed by atoms with E-state index in [2.05, 4.69) is 31.4 Å². The third-order valence-electron chi connectivity index (χ3n) is 3.41. The van der Waals surface area contributed by atoms with Gasteiger partial charge in [0.1, 0.15) is 11.6 Å². The molecule has 0 saturated heterocycles. The Morgan fingerprint density at radius 1 is 1.30 bits per heavy atom. The quantitative estimate of drug-likeness (QED) is 0.385. The zero-order valence-electron chi connectivity index (χ0n) is 14.2.